The molecule has 0 aliphatic carbocycles. The summed E-state index contributed by atoms with van der Waals surface area (Å²) >= 11 is 3.24. The number of anilines is 1. The largest absolute Gasteiger partial charge is 0.496 e. The van der Waals surface area contributed by atoms with Crippen molar-refractivity contribution in [3.8, 4) is 5.75 Å². The predicted molar refractivity (Wildman–Crippen MR) is 75.7 cm³/mol. The van der Waals surface area contributed by atoms with E-state index in [-0.39, 0.29) is 5.69 Å². The fourth-order valence-electron chi connectivity index (χ4n) is 1.50. The van der Waals surface area contributed by atoms with Crippen LogP contribution in [0.5, 0.6) is 5.75 Å². The average molecular weight is 361 g/mol. The summed E-state index contributed by atoms with van der Waals surface area (Å²) in [6.07, 6.45) is 1.21. The van der Waals surface area contributed by atoms with Crippen LogP contribution in [0.4, 0.5) is 10.1 Å². The fourth-order valence-corrected chi connectivity index (χ4v) is 3.10. The lowest BCUT2D eigenvalue weighted by molar-refractivity contribution is 0.412. The molecule has 2 rings (SSSR count). The van der Waals surface area contributed by atoms with Crippen molar-refractivity contribution in [3.05, 3.63) is 46.8 Å². The normalized spacial score (nSPS) is 11.2. The smallest absolute Gasteiger partial charge is 0.282 e. The molecule has 0 unspecified atom stereocenters. The maximum absolute atomic E-state index is 13.5. The summed E-state index contributed by atoms with van der Waals surface area (Å²) in [7, 11) is -2.58. The second-order valence-corrected chi connectivity index (χ2v) is 6.20. The van der Waals surface area contributed by atoms with E-state index >= 15 is 0 Å². The molecule has 8 heteroatoms. The van der Waals surface area contributed by atoms with Gasteiger partial charge in [0.2, 0.25) is 5.03 Å². The first-order chi connectivity index (χ1) is 9.44. The molecule has 0 spiro atoms. The SMILES string of the molecule is COc1ccc(NS(=O)(=O)c2ncccc2F)cc1Br. The van der Waals surface area contributed by atoms with Crippen LogP contribution in [0.15, 0.2) is 46.0 Å². The van der Waals surface area contributed by atoms with Crippen LogP contribution in [0, 0.1) is 5.82 Å². The van der Waals surface area contributed by atoms with E-state index in [4.69, 9.17) is 4.74 Å². The van der Waals surface area contributed by atoms with Gasteiger partial charge in [0.1, 0.15) is 5.75 Å². The number of methoxy groups -OCH3 is 1. The molecule has 1 aromatic heterocycles. The lowest BCUT2D eigenvalue weighted by Crippen LogP contribution is -2.16. The van der Waals surface area contributed by atoms with Crippen LogP contribution >= 0.6 is 15.9 Å². The molecule has 106 valence electrons. The summed E-state index contributed by atoms with van der Waals surface area (Å²) in [5, 5.41) is -0.646. The first-order valence-corrected chi connectivity index (χ1v) is 7.68. The first-order valence-electron chi connectivity index (χ1n) is 5.41. The highest BCUT2D eigenvalue weighted by Crippen LogP contribution is 2.28. The summed E-state index contributed by atoms with van der Waals surface area (Å²) in [5.41, 5.74) is 0.266. The zero-order valence-electron chi connectivity index (χ0n) is 10.3. The Morgan fingerprint density at radius 2 is 2.10 bits per heavy atom. The van der Waals surface area contributed by atoms with E-state index in [0.717, 1.165) is 6.07 Å². The van der Waals surface area contributed by atoms with Crippen LogP contribution < -0.4 is 9.46 Å². The minimum Gasteiger partial charge on any atom is -0.496 e. The van der Waals surface area contributed by atoms with Gasteiger partial charge < -0.3 is 4.74 Å². The summed E-state index contributed by atoms with van der Waals surface area (Å²) in [4.78, 5) is 3.54. The monoisotopic (exact) mass is 360 g/mol. The summed E-state index contributed by atoms with van der Waals surface area (Å²) in [6, 6.07) is 6.94. The minimum absolute atomic E-state index is 0.266. The molecule has 0 saturated heterocycles. The van der Waals surface area contributed by atoms with Crippen molar-refractivity contribution in [2.75, 3.05) is 11.8 Å². The molecule has 0 atom stereocenters. The maximum atomic E-state index is 13.5. The zero-order valence-corrected chi connectivity index (χ0v) is 12.7. The van der Waals surface area contributed by atoms with E-state index in [1.165, 1.54) is 31.5 Å². The van der Waals surface area contributed by atoms with Gasteiger partial charge in [-0.2, -0.15) is 8.42 Å². The molecule has 0 saturated carbocycles. The summed E-state index contributed by atoms with van der Waals surface area (Å²) in [6.45, 7) is 0. The number of hydrogen-bond acceptors (Lipinski definition) is 4. The van der Waals surface area contributed by atoms with E-state index in [9.17, 15) is 12.8 Å². The topological polar surface area (TPSA) is 68.3 Å². The average Bonchev–Trinajstić information content (AvgIpc) is 2.38. The Morgan fingerprint density at radius 3 is 2.70 bits per heavy atom. The van der Waals surface area contributed by atoms with Gasteiger partial charge in [-0.15, -0.1) is 0 Å². The lowest BCUT2D eigenvalue weighted by Gasteiger charge is -2.09. The predicted octanol–water partition coefficient (Wildman–Crippen LogP) is 2.79. The minimum atomic E-state index is -4.08. The molecule has 0 amide bonds. The number of ether oxygens (including phenoxy) is 1. The van der Waals surface area contributed by atoms with Gasteiger partial charge in [0.15, 0.2) is 5.82 Å². The molecule has 0 bridgehead atoms. The van der Waals surface area contributed by atoms with Crippen LogP contribution in [-0.2, 0) is 10.0 Å². The number of benzene rings is 1. The van der Waals surface area contributed by atoms with E-state index in [1.54, 1.807) is 6.07 Å². The zero-order chi connectivity index (χ0) is 14.8. The molecule has 0 fully saturated rings. The third-order valence-corrected chi connectivity index (χ3v) is 4.32. The van der Waals surface area contributed by atoms with E-state index in [1.807, 2.05) is 0 Å². The highest BCUT2D eigenvalue weighted by molar-refractivity contribution is 9.10. The first kappa shape index (κ1) is 14.7. The van der Waals surface area contributed by atoms with Crippen LogP contribution in [0.3, 0.4) is 0 Å². The van der Waals surface area contributed by atoms with Crippen LogP contribution in [0.25, 0.3) is 0 Å². The Balaban J connectivity index is 2.34. The number of halogens is 2. The second-order valence-electron chi connectivity index (χ2n) is 3.75. The van der Waals surface area contributed by atoms with Crippen molar-refractivity contribution in [2.24, 2.45) is 0 Å². The third kappa shape index (κ3) is 3.07. The molecule has 2 aromatic rings. The Bertz CT molecular complexity index is 737. The number of sulfonamides is 1. The number of pyridine rings is 1. The fraction of sp³-hybridized carbons (Fsp3) is 0.0833. The van der Waals surface area contributed by atoms with Gasteiger partial charge in [-0.05, 0) is 46.3 Å². The molecule has 1 aromatic carbocycles. The van der Waals surface area contributed by atoms with Crippen molar-refractivity contribution < 1.29 is 17.5 Å². The number of nitrogens with one attached hydrogen (secondary N) is 1. The molecular formula is C12H10BrFN2O3S. The molecule has 0 radical (unpaired) electrons. The summed E-state index contributed by atoms with van der Waals surface area (Å²) in [5.74, 6) is -0.357. The standard InChI is InChI=1S/C12H10BrFN2O3S/c1-19-11-5-4-8(7-9(11)13)16-20(17,18)12-10(14)3-2-6-15-12/h2-7,16H,1H3. The number of rotatable bonds is 4. The number of aromatic nitrogens is 1. The van der Waals surface area contributed by atoms with Crippen LogP contribution in [0.2, 0.25) is 0 Å². The molecular weight excluding hydrogens is 351 g/mol. The molecule has 20 heavy (non-hydrogen) atoms. The maximum Gasteiger partial charge on any atom is 0.282 e. The van der Waals surface area contributed by atoms with Gasteiger partial charge in [0, 0.05) is 6.20 Å². The molecule has 1 heterocycles. The van der Waals surface area contributed by atoms with Crippen LogP contribution in [0.1, 0.15) is 0 Å². The summed E-state index contributed by atoms with van der Waals surface area (Å²) < 4.78 is 45.4. The third-order valence-electron chi connectivity index (χ3n) is 2.38. The lowest BCUT2D eigenvalue weighted by atomic mass is 10.3. The Hall–Kier alpha value is -1.67. The van der Waals surface area contributed by atoms with Crippen molar-refractivity contribution in [2.45, 2.75) is 5.03 Å². The van der Waals surface area contributed by atoms with Gasteiger partial charge in [-0.25, -0.2) is 9.37 Å². The highest BCUT2D eigenvalue weighted by atomic mass is 79.9. The molecule has 0 aliphatic heterocycles. The second kappa shape index (κ2) is 5.76. The highest BCUT2D eigenvalue weighted by Gasteiger charge is 2.20. The quantitative estimate of drug-likeness (QED) is 0.909. The van der Waals surface area contributed by atoms with Gasteiger partial charge in [0.25, 0.3) is 10.0 Å². The molecule has 5 nitrogen and oxygen atoms in total. The van der Waals surface area contributed by atoms with Crippen molar-refractivity contribution in [1.29, 1.82) is 0 Å². The Kier molecular flexibility index (Phi) is 4.24. The van der Waals surface area contributed by atoms with Gasteiger partial charge in [-0.1, -0.05) is 0 Å². The number of nitrogens with zero attached hydrogens (tertiary/aromatic N) is 1. The van der Waals surface area contributed by atoms with Crippen molar-refractivity contribution in [3.63, 3.8) is 0 Å². The van der Waals surface area contributed by atoms with Gasteiger partial charge in [-0.3, -0.25) is 4.72 Å². The van der Waals surface area contributed by atoms with Crippen LogP contribution in [-0.4, -0.2) is 20.5 Å². The Labute approximate surface area is 124 Å². The van der Waals surface area contributed by atoms with E-state index in [2.05, 4.69) is 25.6 Å². The van der Waals surface area contributed by atoms with E-state index < -0.39 is 20.9 Å². The van der Waals surface area contributed by atoms with Crippen molar-refractivity contribution >= 4 is 31.6 Å². The van der Waals surface area contributed by atoms with Gasteiger partial charge in [0.05, 0.1) is 17.3 Å². The molecule has 1 N–H and O–H groups in total. The van der Waals surface area contributed by atoms with Gasteiger partial charge >= 0.3 is 0 Å². The Morgan fingerprint density at radius 1 is 1.35 bits per heavy atom. The van der Waals surface area contributed by atoms with Crippen molar-refractivity contribution in [1.82, 2.24) is 4.98 Å². The molecule has 0 aliphatic rings. The van der Waals surface area contributed by atoms with E-state index in [0.29, 0.717) is 10.2 Å². The number of hydrogen-bond donors (Lipinski definition) is 1.